The lowest BCUT2D eigenvalue weighted by Gasteiger charge is -2.10. The Hall–Kier alpha value is -4.13. The lowest BCUT2D eigenvalue weighted by molar-refractivity contribution is -0.384. The molecule has 0 saturated heterocycles. The fourth-order valence-electron chi connectivity index (χ4n) is 3.11. The zero-order valence-electron chi connectivity index (χ0n) is 14.5. The summed E-state index contributed by atoms with van der Waals surface area (Å²) in [6, 6.07) is 22.0. The molecule has 0 aliphatic heterocycles. The summed E-state index contributed by atoms with van der Waals surface area (Å²) in [5.74, 6) is 0. The quantitative estimate of drug-likeness (QED) is 0.354. The summed E-state index contributed by atoms with van der Waals surface area (Å²) < 4.78 is 0. The normalized spacial score (nSPS) is 10.7. The van der Waals surface area contributed by atoms with Crippen molar-refractivity contribution >= 4 is 22.3 Å². The van der Waals surface area contributed by atoms with Crippen LogP contribution in [0.1, 0.15) is 0 Å². The summed E-state index contributed by atoms with van der Waals surface area (Å²) in [6.45, 7) is 0. The molecule has 0 saturated carbocycles. The second-order valence-electron chi connectivity index (χ2n) is 6.19. The minimum absolute atomic E-state index is 0.0189. The molecule has 3 aromatic carbocycles. The molecule has 0 spiro atoms. The smallest absolute Gasteiger partial charge is 0.258 e. The third kappa shape index (κ3) is 3.16. The average Bonchev–Trinajstić information content (AvgIpc) is 2.73. The maximum absolute atomic E-state index is 11.2. The molecule has 0 bridgehead atoms. The molecule has 7 heteroatoms. The predicted molar refractivity (Wildman–Crippen MR) is 106 cm³/mol. The first-order valence-electron chi connectivity index (χ1n) is 8.42. The molecule has 1 heterocycles. The van der Waals surface area contributed by atoms with Crippen molar-refractivity contribution in [2.45, 2.75) is 0 Å². The van der Waals surface area contributed by atoms with E-state index in [0.717, 1.165) is 11.1 Å². The molecular formula is C21H13N3O4. The number of fused-ring (bicyclic) bond motifs is 1. The number of nitro benzene ring substituents is 2. The Kier molecular flexibility index (Phi) is 4.25. The molecule has 28 heavy (non-hydrogen) atoms. The highest BCUT2D eigenvalue weighted by atomic mass is 16.6. The van der Waals surface area contributed by atoms with Crippen LogP contribution in [0.15, 0.2) is 78.9 Å². The van der Waals surface area contributed by atoms with Crippen LogP contribution in [0.2, 0.25) is 0 Å². The van der Waals surface area contributed by atoms with Gasteiger partial charge >= 0.3 is 0 Å². The van der Waals surface area contributed by atoms with Crippen LogP contribution >= 0.6 is 0 Å². The van der Waals surface area contributed by atoms with Crippen molar-refractivity contribution in [3.05, 3.63) is 99.1 Å². The average molecular weight is 371 g/mol. The second-order valence-corrected chi connectivity index (χ2v) is 6.19. The van der Waals surface area contributed by atoms with Gasteiger partial charge in [0.15, 0.2) is 0 Å². The Morgan fingerprint density at radius 1 is 0.679 bits per heavy atom. The first-order valence-corrected chi connectivity index (χ1v) is 8.42. The third-order valence-corrected chi connectivity index (χ3v) is 4.44. The van der Waals surface area contributed by atoms with E-state index in [1.54, 1.807) is 24.3 Å². The molecule has 0 aliphatic carbocycles. The van der Waals surface area contributed by atoms with Gasteiger partial charge < -0.3 is 0 Å². The van der Waals surface area contributed by atoms with Gasteiger partial charge in [-0.25, -0.2) is 4.98 Å². The van der Waals surface area contributed by atoms with Gasteiger partial charge in [0.2, 0.25) is 0 Å². The molecule has 1 aromatic heterocycles. The van der Waals surface area contributed by atoms with Crippen molar-refractivity contribution in [1.29, 1.82) is 0 Å². The van der Waals surface area contributed by atoms with E-state index >= 15 is 0 Å². The number of nitrogens with zero attached hydrogens (tertiary/aromatic N) is 3. The van der Waals surface area contributed by atoms with Crippen molar-refractivity contribution in [3.8, 4) is 22.4 Å². The van der Waals surface area contributed by atoms with E-state index < -0.39 is 9.85 Å². The predicted octanol–water partition coefficient (Wildman–Crippen LogP) is 5.39. The second kappa shape index (κ2) is 6.88. The number of rotatable bonds is 4. The third-order valence-electron chi connectivity index (χ3n) is 4.44. The molecule has 0 fully saturated rings. The Labute approximate surface area is 159 Å². The van der Waals surface area contributed by atoms with Gasteiger partial charge in [0.05, 0.1) is 21.1 Å². The van der Waals surface area contributed by atoms with Gasteiger partial charge in [-0.2, -0.15) is 0 Å². The SMILES string of the molecule is O=[N+]([O-])c1cccc(-c2cc(-c3ccccc3)c3cc([N+](=O)[O-])ccc3n2)c1. The van der Waals surface area contributed by atoms with Crippen LogP contribution in [0.5, 0.6) is 0 Å². The lowest BCUT2D eigenvalue weighted by Crippen LogP contribution is -1.93. The van der Waals surface area contributed by atoms with Gasteiger partial charge in [-0.05, 0) is 23.3 Å². The van der Waals surface area contributed by atoms with Gasteiger partial charge in [0, 0.05) is 35.2 Å². The summed E-state index contributed by atoms with van der Waals surface area (Å²) in [4.78, 5) is 26.0. The molecule has 0 atom stereocenters. The first kappa shape index (κ1) is 17.3. The topological polar surface area (TPSA) is 99.2 Å². The van der Waals surface area contributed by atoms with Crippen LogP contribution in [0.25, 0.3) is 33.3 Å². The number of non-ortho nitro benzene ring substituents is 2. The monoisotopic (exact) mass is 371 g/mol. The Morgan fingerprint density at radius 2 is 1.36 bits per heavy atom. The molecule has 4 aromatic rings. The van der Waals surface area contributed by atoms with Gasteiger partial charge in [0.1, 0.15) is 0 Å². The molecule has 0 unspecified atom stereocenters. The van der Waals surface area contributed by atoms with E-state index in [1.807, 2.05) is 30.3 Å². The summed E-state index contributed by atoms with van der Waals surface area (Å²) in [5, 5.41) is 23.0. The van der Waals surface area contributed by atoms with E-state index in [0.29, 0.717) is 22.2 Å². The Morgan fingerprint density at radius 3 is 2.07 bits per heavy atom. The van der Waals surface area contributed by atoms with Crippen LogP contribution in [0.3, 0.4) is 0 Å². The molecule has 0 amide bonds. The highest BCUT2D eigenvalue weighted by Gasteiger charge is 2.15. The molecule has 7 nitrogen and oxygen atoms in total. The Balaban J connectivity index is 2.00. The van der Waals surface area contributed by atoms with Crippen LogP contribution in [0, 0.1) is 20.2 Å². The molecule has 4 rings (SSSR count). The first-order chi connectivity index (χ1) is 13.5. The zero-order valence-corrected chi connectivity index (χ0v) is 14.5. The maximum Gasteiger partial charge on any atom is 0.270 e. The van der Waals surface area contributed by atoms with E-state index in [2.05, 4.69) is 4.98 Å². The van der Waals surface area contributed by atoms with Crippen molar-refractivity contribution in [2.75, 3.05) is 0 Å². The summed E-state index contributed by atoms with van der Waals surface area (Å²) in [7, 11) is 0. The molecular weight excluding hydrogens is 358 g/mol. The highest BCUT2D eigenvalue weighted by Crippen LogP contribution is 2.34. The fraction of sp³-hybridized carbons (Fsp3) is 0. The molecule has 0 N–H and O–H groups in total. The standard InChI is InChI=1S/C21H13N3O4/c25-23(26)16-8-4-7-15(11-16)21-13-18(14-5-2-1-3-6-14)19-12-17(24(27)28)9-10-20(19)22-21/h1-13H. The number of benzene rings is 3. The van der Waals surface area contributed by atoms with Crippen molar-refractivity contribution in [2.24, 2.45) is 0 Å². The van der Waals surface area contributed by atoms with E-state index in [9.17, 15) is 20.2 Å². The van der Waals surface area contributed by atoms with Gasteiger partial charge in [-0.3, -0.25) is 20.2 Å². The number of nitro groups is 2. The molecule has 136 valence electrons. The summed E-state index contributed by atoms with van der Waals surface area (Å²) >= 11 is 0. The minimum Gasteiger partial charge on any atom is -0.258 e. The van der Waals surface area contributed by atoms with Crippen LogP contribution in [-0.2, 0) is 0 Å². The lowest BCUT2D eigenvalue weighted by atomic mass is 9.98. The summed E-state index contributed by atoms with van der Waals surface area (Å²) in [6.07, 6.45) is 0. The van der Waals surface area contributed by atoms with Crippen LogP contribution in [-0.4, -0.2) is 14.8 Å². The number of aromatic nitrogens is 1. The number of pyridine rings is 1. The number of hydrogen-bond donors (Lipinski definition) is 0. The maximum atomic E-state index is 11.2. The van der Waals surface area contributed by atoms with Crippen LogP contribution < -0.4 is 0 Å². The molecule has 0 radical (unpaired) electrons. The summed E-state index contributed by atoms with van der Waals surface area (Å²) in [5.41, 5.74) is 3.35. The van der Waals surface area contributed by atoms with E-state index in [4.69, 9.17) is 0 Å². The van der Waals surface area contributed by atoms with Crippen molar-refractivity contribution in [3.63, 3.8) is 0 Å². The van der Waals surface area contributed by atoms with Gasteiger partial charge in [-0.1, -0.05) is 42.5 Å². The number of hydrogen-bond acceptors (Lipinski definition) is 5. The molecule has 0 aliphatic rings. The van der Waals surface area contributed by atoms with Crippen molar-refractivity contribution < 1.29 is 9.85 Å². The van der Waals surface area contributed by atoms with Gasteiger partial charge in [0.25, 0.3) is 11.4 Å². The largest absolute Gasteiger partial charge is 0.270 e. The van der Waals surface area contributed by atoms with E-state index in [-0.39, 0.29) is 11.4 Å². The minimum atomic E-state index is -0.452. The van der Waals surface area contributed by atoms with Gasteiger partial charge in [-0.15, -0.1) is 0 Å². The van der Waals surface area contributed by atoms with Crippen LogP contribution in [0.4, 0.5) is 11.4 Å². The van der Waals surface area contributed by atoms with Crippen molar-refractivity contribution in [1.82, 2.24) is 4.98 Å². The highest BCUT2D eigenvalue weighted by molar-refractivity contribution is 5.97. The zero-order chi connectivity index (χ0) is 19.7. The Bertz CT molecular complexity index is 1220. The van der Waals surface area contributed by atoms with E-state index in [1.165, 1.54) is 24.3 Å². The fourth-order valence-corrected chi connectivity index (χ4v) is 3.11.